The van der Waals surface area contributed by atoms with E-state index in [4.69, 9.17) is 5.73 Å². The molecule has 0 bridgehead atoms. The van der Waals surface area contributed by atoms with Crippen LogP contribution in [0, 0.1) is 0 Å². The number of hydrogen-bond donors (Lipinski definition) is 2. The van der Waals surface area contributed by atoms with Crippen LogP contribution in [0.3, 0.4) is 0 Å². The fourth-order valence-electron chi connectivity index (χ4n) is 1.77. The van der Waals surface area contributed by atoms with Crippen molar-refractivity contribution in [2.45, 2.75) is 17.8 Å². The molecule has 2 aliphatic rings. The van der Waals surface area contributed by atoms with Gasteiger partial charge in [-0.1, -0.05) is 0 Å². The molecule has 5 nitrogen and oxygen atoms in total. The van der Waals surface area contributed by atoms with Gasteiger partial charge in [0.25, 0.3) is 0 Å². The highest BCUT2D eigenvalue weighted by Crippen LogP contribution is 2.38. The van der Waals surface area contributed by atoms with E-state index in [2.05, 4.69) is 5.32 Å². The molecule has 2 heterocycles. The van der Waals surface area contributed by atoms with E-state index in [-0.39, 0.29) is 22.7 Å². The van der Waals surface area contributed by atoms with Gasteiger partial charge in [0.1, 0.15) is 4.87 Å². The van der Waals surface area contributed by atoms with Crippen molar-refractivity contribution in [2.24, 2.45) is 5.73 Å². The van der Waals surface area contributed by atoms with Crippen molar-refractivity contribution in [3.8, 4) is 0 Å². The number of nitrogens with two attached hydrogens (primary N) is 1. The Morgan fingerprint density at radius 2 is 2.21 bits per heavy atom. The summed E-state index contributed by atoms with van der Waals surface area (Å²) in [5, 5.41) is 3.18. The zero-order chi connectivity index (χ0) is 10.3. The Morgan fingerprint density at radius 1 is 1.57 bits per heavy atom. The second-order valence-electron chi connectivity index (χ2n) is 3.78. The van der Waals surface area contributed by atoms with Crippen molar-refractivity contribution in [2.75, 3.05) is 18.8 Å². The van der Waals surface area contributed by atoms with Crippen molar-refractivity contribution < 1.29 is 9.59 Å². The van der Waals surface area contributed by atoms with Gasteiger partial charge in [0.15, 0.2) is 0 Å². The van der Waals surface area contributed by atoms with Gasteiger partial charge in [-0.05, 0) is 0 Å². The first kappa shape index (κ1) is 9.79. The van der Waals surface area contributed by atoms with Gasteiger partial charge in [-0.25, -0.2) is 0 Å². The van der Waals surface area contributed by atoms with Gasteiger partial charge in [0.2, 0.25) is 11.8 Å². The van der Waals surface area contributed by atoms with Crippen LogP contribution < -0.4 is 11.1 Å². The smallest absolute Gasteiger partial charge is 0.235 e. The molecule has 0 aromatic carbocycles. The number of thioether (sulfide) groups is 1. The van der Waals surface area contributed by atoms with Crippen LogP contribution in [-0.4, -0.2) is 46.5 Å². The quantitative estimate of drug-likeness (QED) is 0.572. The van der Waals surface area contributed by atoms with Crippen LogP contribution in [0.25, 0.3) is 0 Å². The zero-order valence-corrected chi connectivity index (χ0v) is 8.76. The molecule has 0 saturated carbocycles. The van der Waals surface area contributed by atoms with E-state index < -0.39 is 0 Å². The summed E-state index contributed by atoms with van der Waals surface area (Å²) in [4.78, 5) is 23.5. The summed E-state index contributed by atoms with van der Waals surface area (Å²) >= 11 is 1.68. The lowest BCUT2D eigenvalue weighted by atomic mass is 10.1. The SMILES string of the molecule is CC(=O)N1CC2(C1)N[C@H](C(N)=O)CS2. The molecule has 1 atom stereocenters. The van der Waals surface area contributed by atoms with Crippen molar-refractivity contribution in [3.05, 3.63) is 0 Å². The van der Waals surface area contributed by atoms with E-state index in [1.165, 1.54) is 0 Å². The van der Waals surface area contributed by atoms with E-state index in [0.717, 1.165) is 0 Å². The molecule has 6 heteroatoms. The number of rotatable bonds is 1. The minimum atomic E-state index is -0.310. The molecule has 2 rings (SSSR count). The first-order valence-corrected chi connectivity index (χ1v) is 5.47. The van der Waals surface area contributed by atoms with Crippen LogP contribution in [0.15, 0.2) is 0 Å². The molecule has 2 aliphatic heterocycles. The molecule has 0 aliphatic carbocycles. The number of nitrogens with one attached hydrogen (secondary N) is 1. The average molecular weight is 215 g/mol. The minimum Gasteiger partial charge on any atom is -0.368 e. The second kappa shape index (κ2) is 3.13. The first-order valence-electron chi connectivity index (χ1n) is 4.49. The molecule has 14 heavy (non-hydrogen) atoms. The molecule has 0 unspecified atom stereocenters. The van der Waals surface area contributed by atoms with Gasteiger partial charge in [0, 0.05) is 12.7 Å². The van der Waals surface area contributed by atoms with Crippen molar-refractivity contribution in [1.82, 2.24) is 10.2 Å². The summed E-state index contributed by atoms with van der Waals surface area (Å²) in [7, 11) is 0. The van der Waals surface area contributed by atoms with Crippen LogP contribution >= 0.6 is 11.8 Å². The third kappa shape index (κ3) is 1.48. The standard InChI is InChI=1S/C8H13N3O2S/c1-5(12)11-3-8(4-11)10-6(2-14-8)7(9)13/h6,10H,2-4H2,1H3,(H2,9,13)/t6-/m0/s1. The van der Waals surface area contributed by atoms with Crippen molar-refractivity contribution >= 4 is 23.6 Å². The lowest BCUT2D eigenvalue weighted by Crippen LogP contribution is -2.67. The second-order valence-corrected chi connectivity index (χ2v) is 5.18. The lowest BCUT2D eigenvalue weighted by molar-refractivity contribution is -0.134. The first-order chi connectivity index (χ1) is 6.52. The Labute approximate surface area is 86.4 Å². The Bertz CT molecular complexity index is 288. The van der Waals surface area contributed by atoms with E-state index >= 15 is 0 Å². The number of carbonyl (C=O) groups excluding carboxylic acids is 2. The summed E-state index contributed by atoms with van der Waals surface area (Å²) in [6, 6.07) is -0.242. The van der Waals surface area contributed by atoms with Crippen LogP contribution in [-0.2, 0) is 9.59 Å². The van der Waals surface area contributed by atoms with Crippen LogP contribution in [0.1, 0.15) is 6.92 Å². The maximum Gasteiger partial charge on any atom is 0.235 e. The number of primary amides is 1. The van der Waals surface area contributed by atoms with Crippen LogP contribution in [0.4, 0.5) is 0 Å². The predicted octanol–water partition coefficient (Wildman–Crippen LogP) is -1.26. The molecule has 2 amide bonds. The van der Waals surface area contributed by atoms with Crippen LogP contribution in [0.5, 0.6) is 0 Å². The summed E-state index contributed by atoms with van der Waals surface area (Å²) in [6.07, 6.45) is 0. The van der Waals surface area contributed by atoms with Crippen LogP contribution in [0.2, 0.25) is 0 Å². The molecule has 2 fully saturated rings. The maximum absolute atomic E-state index is 11.0. The molecule has 0 aromatic heterocycles. The number of likely N-dealkylation sites (tertiary alicyclic amines) is 1. The fourth-order valence-corrected chi connectivity index (χ4v) is 3.23. The van der Waals surface area contributed by atoms with Gasteiger partial charge in [0.05, 0.1) is 19.1 Å². The van der Waals surface area contributed by atoms with Gasteiger partial charge >= 0.3 is 0 Å². The number of nitrogens with zero attached hydrogens (tertiary/aromatic N) is 1. The fraction of sp³-hybridized carbons (Fsp3) is 0.750. The lowest BCUT2D eigenvalue weighted by Gasteiger charge is -2.47. The van der Waals surface area contributed by atoms with Gasteiger partial charge < -0.3 is 10.6 Å². The third-order valence-electron chi connectivity index (χ3n) is 2.64. The van der Waals surface area contributed by atoms with Gasteiger partial charge in [-0.2, -0.15) is 0 Å². The molecular weight excluding hydrogens is 202 g/mol. The Kier molecular flexibility index (Phi) is 2.19. The van der Waals surface area contributed by atoms with E-state index in [1.54, 1.807) is 23.6 Å². The van der Waals surface area contributed by atoms with E-state index in [1.807, 2.05) is 0 Å². The largest absolute Gasteiger partial charge is 0.368 e. The molecule has 3 N–H and O–H groups in total. The molecule has 1 spiro atoms. The van der Waals surface area contributed by atoms with Crippen molar-refractivity contribution in [3.63, 3.8) is 0 Å². The highest BCUT2D eigenvalue weighted by atomic mass is 32.2. The highest BCUT2D eigenvalue weighted by molar-refractivity contribution is 8.01. The number of amides is 2. The molecule has 0 radical (unpaired) electrons. The summed E-state index contributed by atoms with van der Waals surface area (Å²) in [6.45, 7) is 2.91. The van der Waals surface area contributed by atoms with E-state index in [9.17, 15) is 9.59 Å². The molecular formula is C8H13N3O2S. The molecule has 0 aromatic rings. The monoisotopic (exact) mass is 215 g/mol. The predicted molar refractivity (Wildman–Crippen MR) is 53.6 cm³/mol. The Morgan fingerprint density at radius 3 is 2.64 bits per heavy atom. The Balaban J connectivity index is 1.91. The molecule has 78 valence electrons. The van der Waals surface area contributed by atoms with Gasteiger partial charge in [-0.3, -0.25) is 14.9 Å². The topological polar surface area (TPSA) is 75.4 Å². The number of hydrogen-bond acceptors (Lipinski definition) is 4. The average Bonchev–Trinajstić information content (AvgIpc) is 2.44. The summed E-state index contributed by atoms with van der Waals surface area (Å²) in [5.74, 6) is 0.484. The maximum atomic E-state index is 11.0. The highest BCUT2D eigenvalue weighted by Gasteiger charge is 2.50. The normalized spacial score (nSPS) is 28.9. The molecule has 2 saturated heterocycles. The van der Waals surface area contributed by atoms with E-state index in [0.29, 0.717) is 18.8 Å². The summed E-state index contributed by atoms with van der Waals surface area (Å²) in [5.41, 5.74) is 5.20. The number of carbonyl (C=O) groups is 2. The summed E-state index contributed by atoms with van der Waals surface area (Å²) < 4.78 is 0. The minimum absolute atomic E-state index is 0.0838. The van der Waals surface area contributed by atoms with Crippen molar-refractivity contribution in [1.29, 1.82) is 0 Å². The Hall–Kier alpha value is -0.750. The van der Waals surface area contributed by atoms with Gasteiger partial charge in [-0.15, -0.1) is 11.8 Å². The zero-order valence-electron chi connectivity index (χ0n) is 7.95. The third-order valence-corrected chi connectivity index (χ3v) is 4.07.